The molecule has 0 aliphatic carbocycles. The highest BCUT2D eigenvalue weighted by atomic mass is 16.3. The van der Waals surface area contributed by atoms with E-state index >= 15 is 0 Å². The van der Waals surface area contributed by atoms with Gasteiger partial charge in [0.05, 0.1) is 6.33 Å². The Hall–Kier alpha value is -2.67. The molecule has 0 aliphatic rings. The Labute approximate surface area is 144 Å². The van der Waals surface area contributed by atoms with Crippen molar-refractivity contribution in [3.8, 4) is 0 Å². The first-order valence-electron chi connectivity index (χ1n) is 8.39. The number of aromatic nitrogens is 2. The van der Waals surface area contributed by atoms with E-state index in [1.54, 1.807) is 6.07 Å². The van der Waals surface area contributed by atoms with Crippen LogP contribution in [0, 0.1) is 0 Å². The molecule has 0 saturated carbocycles. The number of amides is 1. The van der Waals surface area contributed by atoms with Gasteiger partial charge in [-0.25, -0.2) is 4.98 Å². The summed E-state index contributed by atoms with van der Waals surface area (Å²) in [5.41, 5.74) is 6.64. The van der Waals surface area contributed by atoms with E-state index in [-0.39, 0.29) is 23.6 Å². The van der Waals surface area contributed by atoms with E-state index in [1.807, 2.05) is 32.0 Å². The lowest BCUT2D eigenvalue weighted by Crippen LogP contribution is -2.50. The standard InChI is InChI=1S/C18H22N4O3/c1-3-18(19,4-2)10-20-14(23)9-22-11-21-15-12-7-5-6-8-13(12)25-16(15)17(22)24/h5-8,11H,3-4,9-10,19H2,1-2H3,(H,20,23). The van der Waals surface area contributed by atoms with Gasteiger partial charge in [-0.2, -0.15) is 0 Å². The Morgan fingerprint density at radius 2 is 2.04 bits per heavy atom. The molecule has 7 nitrogen and oxygen atoms in total. The highest BCUT2D eigenvalue weighted by molar-refractivity contribution is 6.01. The van der Waals surface area contributed by atoms with Crippen LogP contribution in [0.25, 0.3) is 22.1 Å². The third-order valence-electron chi connectivity index (χ3n) is 4.71. The molecule has 0 aliphatic heterocycles. The molecule has 0 atom stereocenters. The fourth-order valence-electron chi connectivity index (χ4n) is 2.71. The van der Waals surface area contributed by atoms with Crippen LogP contribution in [0.1, 0.15) is 26.7 Å². The van der Waals surface area contributed by atoms with Crippen molar-refractivity contribution in [3.05, 3.63) is 40.9 Å². The Morgan fingerprint density at radius 3 is 2.76 bits per heavy atom. The number of nitrogens with one attached hydrogen (secondary N) is 1. The van der Waals surface area contributed by atoms with Crippen LogP contribution in [0.4, 0.5) is 0 Å². The van der Waals surface area contributed by atoms with E-state index in [0.717, 1.165) is 18.2 Å². The predicted molar refractivity (Wildman–Crippen MR) is 96.3 cm³/mol. The second-order valence-electron chi connectivity index (χ2n) is 6.30. The van der Waals surface area contributed by atoms with Crippen molar-refractivity contribution in [1.82, 2.24) is 14.9 Å². The maximum atomic E-state index is 12.6. The van der Waals surface area contributed by atoms with Crippen LogP contribution in [0.5, 0.6) is 0 Å². The Balaban J connectivity index is 1.82. The Morgan fingerprint density at radius 1 is 1.32 bits per heavy atom. The summed E-state index contributed by atoms with van der Waals surface area (Å²) >= 11 is 0. The molecular formula is C18H22N4O3. The summed E-state index contributed by atoms with van der Waals surface area (Å²) in [4.78, 5) is 29.0. The number of para-hydroxylation sites is 1. The zero-order chi connectivity index (χ0) is 18.0. The zero-order valence-electron chi connectivity index (χ0n) is 14.4. The fraction of sp³-hybridized carbons (Fsp3) is 0.389. The summed E-state index contributed by atoms with van der Waals surface area (Å²) in [7, 11) is 0. The molecule has 0 bridgehead atoms. The molecule has 3 aromatic rings. The lowest BCUT2D eigenvalue weighted by Gasteiger charge is -2.26. The SMILES string of the molecule is CCC(N)(CC)CNC(=O)Cn1cnc2c(oc3ccccc32)c1=O. The third kappa shape index (κ3) is 3.28. The smallest absolute Gasteiger partial charge is 0.297 e. The molecule has 3 N–H and O–H groups in total. The third-order valence-corrected chi connectivity index (χ3v) is 4.71. The molecule has 2 heterocycles. The second kappa shape index (κ2) is 6.68. The van der Waals surface area contributed by atoms with E-state index in [9.17, 15) is 9.59 Å². The number of hydrogen-bond donors (Lipinski definition) is 2. The minimum atomic E-state index is -0.429. The number of nitrogens with zero attached hydrogens (tertiary/aromatic N) is 2. The molecule has 0 spiro atoms. The van der Waals surface area contributed by atoms with Gasteiger partial charge in [0, 0.05) is 17.5 Å². The highest BCUT2D eigenvalue weighted by Crippen LogP contribution is 2.23. The van der Waals surface area contributed by atoms with E-state index in [4.69, 9.17) is 10.2 Å². The molecule has 1 amide bonds. The van der Waals surface area contributed by atoms with Crippen molar-refractivity contribution < 1.29 is 9.21 Å². The van der Waals surface area contributed by atoms with E-state index in [1.165, 1.54) is 10.9 Å². The quantitative estimate of drug-likeness (QED) is 0.711. The van der Waals surface area contributed by atoms with Crippen LogP contribution in [0.2, 0.25) is 0 Å². The van der Waals surface area contributed by atoms with Crippen molar-refractivity contribution in [3.63, 3.8) is 0 Å². The number of benzene rings is 1. The number of fused-ring (bicyclic) bond motifs is 3. The van der Waals surface area contributed by atoms with Crippen LogP contribution in [-0.2, 0) is 11.3 Å². The number of furan rings is 1. The largest absolute Gasteiger partial charge is 0.448 e. The summed E-state index contributed by atoms with van der Waals surface area (Å²) in [6.07, 6.45) is 2.90. The van der Waals surface area contributed by atoms with E-state index in [0.29, 0.717) is 17.6 Å². The fourth-order valence-corrected chi connectivity index (χ4v) is 2.71. The molecule has 0 unspecified atom stereocenters. The average molecular weight is 342 g/mol. The topological polar surface area (TPSA) is 103 Å². The molecule has 0 saturated heterocycles. The van der Waals surface area contributed by atoms with Gasteiger partial charge in [0.2, 0.25) is 11.5 Å². The maximum Gasteiger partial charge on any atom is 0.297 e. The molecule has 0 radical (unpaired) electrons. The van der Waals surface area contributed by atoms with Crippen molar-refractivity contribution >= 4 is 28.0 Å². The average Bonchev–Trinajstić information content (AvgIpc) is 3.01. The monoisotopic (exact) mass is 342 g/mol. The summed E-state index contributed by atoms with van der Waals surface area (Å²) in [5.74, 6) is -0.281. The minimum Gasteiger partial charge on any atom is -0.448 e. The summed E-state index contributed by atoms with van der Waals surface area (Å²) < 4.78 is 6.85. The first-order valence-corrected chi connectivity index (χ1v) is 8.39. The van der Waals surface area contributed by atoms with E-state index in [2.05, 4.69) is 10.3 Å². The molecule has 25 heavy (non-hydrogen) atoms. The Kier molecular flexibility index (Phi) is 4.59. The Bertz CT molecular complexity index is 969. The molecule has 3 rings (SSSR count). The maximum absolute atomic E-state index is 12.6. The van der Waals surface area contributed by atoms with Crippen LogP contribution >= 0.6 is 0 Å². The molecule has 132 valence electrons. The van der Waals surface area contributed by atoms with Gasteiger partial charge in [-0.1, -0.05) is 26.0 Å². The van der Waals surface area contributed by atoms with Crippen LogP contribution in [0.15, 0.2) is 39.8 Å². The molecule has 1 aromatic carbocycles. The summed E-state index contributed by atoms with van der Waals surface area (Å²) in [6.45, 7) is 4.22. The highest BCUT2D eigenvalue weighted by Gasteiger charge is 2.21. The minimum absolute atomic E-state index is 0.123. The van der Waals surface area contributed by atoms with Gasteiger partial charge in [-0.3, -0.25) is 14.2 Å². The number of carbonyl (C=O) groups is 1. The number of rotatable bonds is 6. The van der Waals surface area contributed by atoms with Crippen molar-refractivity contribution in [2.45, 2.75) is 38.8 Å². The first-order chi connectivity index (χ1) is 12.0. The summed E-state index contributed by atoms with van der Waals surface area (Å²) in [6, 6.07) is 7.32. The number of nitrogens with two attached hydrogens (primary N) is 1. The second-order valence-corrected chi connectivity index (χ2v) is 6.30. The van der Waals surface area contributed by atoms with Crippen LogP contribution in [0.3, 0.4) is 0 Å². The predicted octanol–water partition coefficient (Wildman–Crippen LogP) is 1.78. The van der Waals surface area contributed by atoms with Gasteiger partial charge < -0.3 is 15.5 Å². The van der Waals surface area contributed by atoms with E-state index < -0.39 is 5.54 Å². The number of carbonyl (C=O) groups excluding carboxylic acids is 1. The lowest BCUT2D eigenvalue weighted by molar-refractivity contribution is -0.122. The summed E-state index contributed by atoms with van der Waals surface area (Å²) in [5, 5.41) is 3.58. The van der Waals surface area contributed by atoms with Gasteiger partial charge in [0.1, 0.15) is 17.6 Å². The van der Waals surface area contributed by atoms with Crippen LogP contribution in [-0.4, -0.2) is 27.5 Å². The molecule has 0 fully saturated rings. The molecule has 7 heteroatoms. The van der Waals surface area contributed by atoms with Gasteiger partial charge in [0.15, 0.2) is 0 Å². The molecular weight excluding hydrogens is 320 g/mol. The van der Waals surface area contributed by atoms with Gasteiger partial charge in [0.25, 0.3) is 5.56 Å². The van der Waals surface area contributed by atoms with Crippen molar-refractivity contribution in [2.24, 2.45) is 5.73 Å². The first kappa shape index (κ1) is 17.2. The number of hydrogen-bond acceptors (Lipinski definition) is 5. The van der Waals surface area contributed by atoms with Crippen molar-refractivity contribution in [1.29, 1.82) is 0 Å². The van der Waals surface area contributed by atoms with Gasteiger partial charge in [-0.15, -0.1) is 0 Å². The van der Waals surface area contributed by atoms with Gasteiger partial charge >= 0.3 is 0 Å². The lowest BCUT2D eigenvalue weighted by atomic mass is 9.94. The zero-order valence-corrected chi connectivity index (χ0v) is 14.4. The van der Waals surface area contributed by atoms with Crippen LogP contribution < -0.4 is 16.6 Å². The van der Waals surface area contributed by atoms with Gasteiger partial charge in [-0.05, 0) is 25.0 Å². The normalized spacial score (nSPS) is 12.0. The molecule has 2 aromatic heterocycles. The van der Waals surface area contributed by atoms with Crippen molar-refractivity contribution in [2.75, 3.05) is 6.54 Å².